The highest BCUT2D eigenvalue weighted by atomic mass is 32.1. The zero-order valence-electron chi connectivity index (χ0n) is 24.8. The van der Waals surface area contributed by atoms with Gasteiger partial charge in [0.05, 0.1) is 17.5 Å². The molecule has 1 spiro atoms. The Morgan fingerprint density at radius 1 is 1.09 bits per heavy atom. The third-order valence-electron chi connectivity index (χ3n) is 9.69. The van der Waals surface area contributed by atoms with Gasteiger partial charge in [-0.25, -0.2) is 23.5 Å². The summed E-state index contributed by atoms with van der Waals surface area (Å²) in [6.45, 7) is 4.59. The van der Waals surface area contributed by atoms with E-state index in [1.807, 2.05) is 27.8 Å². The minimum Gasteiger partial charge on any atom is -0.387 e. The Balaban J connectivity index is 1.13. The second-order valence-corrected chi connectivity index (χ2v) is 13.7. The molecule has 8 rings (SSSR count). The number of amides is 2. The van der Waals surface area contributed by atoms with Crippen LogP contribution in [0.15, 0.2) is 36.4 Å². The molecule has 3 saturated heterocycles. The number of halogens is 2. The van der Waals surface area contributed by atoms with E-state index in [1.54, 1.807) is 12.1 Å². The number of rotatable bonds is 4. The Labute approximate surface area is 262 Å². The molecule has 45 heavy (non-hydrogen) atoms. The lowest BCUT2D eigenvalue weighted by atomic mass is 9.72. The molecule has 2 aromatic heterocycles. The van der Waals surface area contributed by atoms with Gasteiger partial charge in [-0.1, -0.05) is 11.3 Å². The van der Waals surface area contributed by atoms with Crippen molar-refractivity contribution in [2.24, 2.45) is 5.41 Å². The van der Waals surface area contributed by atoms with Crippen LogP contribution in [-0.4, -0.2) is 77.2 Å². The van der Waals surface area contributed by atoms with Gasteiger partial charge in [-0.2, -0.15) is 5.26 Å². The van der Waals surface area contributed by atoms with Crippen LogP contribution in [0.3, 0.4) is 0 Å². The van der Waals surface area contributed by atoms with Gasteiger partial charge >= 0.3 is 6.03 Å². The van der Waals surface area contributed by atoms with Crippen LogP contribution in [0.2, 0.25) is 0 Å². The monoisotopic (exact) mass is 627 g/mol. The molecule has 9 nitrogen and oxygen atoms in total. The predicted molar refractivity (Wildman–Crippen MR) is 168 cm³/mol. The van der Waals surface area contributed by atoms with Crippen molar-refractivity contribution in [1.29, 1.82) is 5.26 Å². The standard InChI is InChI=1S/C33H31F2N7O2S/c1-39(31-38-27(26(14-36)45-31)19-4-6-20(34)7-5-19)30-22-8-9-25(43)29(22)37-28-23(30)12-21(13-24(28)35)41-15-33(16-41)17-42(18-33)32(44)40-10-2-3-11-40/h4-7,12-13,25,43H,2-3,8-11,15-18H2,1H3. The highest BCUT2D eigenvalue weighted by Gasteiger charge is 2.54. The maximum absolute atomic E-state index is 15.9. The summed E-state index contributed by atoms with van der Waals surface area (Å²) in [4.78, 5) is 30.4. The molecule has 1 unspecified atom stereocenters. The van der Waals surface area contributed by atoms with Crippen LogP contribution in [0.25, 0.3) is 22.2 Å². The fraction of sp³-hybridized carbons (Fsp3) is 0.394. The van der Waals surface area contributed by atoms with Crippen molar-refractivity contribution in [3.05, 3.63) is 64.2 Å². The van der Waals surface area contributed by atoms with Gasteiger partial charge in [-0.3, -0.25) is 0 Å². The van der Waals surface area contributed by atoms with Crippen LogP contribution in [-0.2, 0) is 6.42 Å². The van der Waals surface area contributed by atoms with Crippen LogP contribution in [0.4, 0.5) is 30.1 Å². The van der Waals surface area contributed by atoms with Gasteiger partial charge in [-0.05, 0) is 62.1 Å². The normalized spacial score (nSPS) is 19.9. The molecule has 230 valence electrons. The number of carbonyl (C=O) groups is 1. The van der Waals surface area contributed by atoms with Crippen molar-refractivity contribution in [2.45, 2.75) is 31.8 Å². The van der Waals surface area contributed by atoms with E-state index in [4.69, 9.17) is 4.98 Å². The van der Waals surface area contributed by atoms with Gasteiger partial charge in [0.1, 0.15) is 28.0 Å². The topological polar surface area (TPSA) is 99.8 Å². The minimum atomic E-state index is -0.795. The van der Waals surface area contributed by atoms with Crippen molar-refractivity contribution in [1.82, 2.24) is 19.8 Å². The fourth-order valence-electron chi connectivity index (χ4n) is 7.44. The molecule has 1 aliphatic carbocycles. The van der Waals surface area contributed by atoms with E-state index in [0.29, 0.717) is 50.9 Å². The first-order chi connectivity index (χ1) is 21.7. The summed E-state index contributed by atoms with van der Waals surface area (Å²) >= 11 is 1.21. The molecule has 1 atom stereocenters. The van der Waals surface area contributed by atoms with E-state index in [-0.39, 0.29) is 22.8 Å². The molecule has 4 aromatic rings. The maximum atomic E-state index is 15.9. The van der Waals surface area contributed by atoms with E-state index in [2.05, 4.69) is 16.0 Å². The second-order valence-electron chi connectivity index (χ2n) is 12.7. The summed E-state index contributed by atoms with van der Waals surface area (Å²) in [7, 11) is 1.83. The predicted octanol–water partition coefficient (Wildman–Crippen LogP) is 5.59. The van der Waals surface area contributed by atoms with Crippen molar-refractivity contribution in [2.75, 3.05) is 56.1 Å². The first kappa shape index (κ1) is 28.2. The van der Waals surface area contributed by atoms with Crippen molar-refractivity contribution < 1.29 is 18.7 Å². The SMILES string of the molecule is CN(c1nc(-c2ccc(F)cc2)c(C#N)s1)c1c2c(nc3c(F)cc(N4CC5(CN(C(=O)N6CCCC6)C5)C4)cc13)C(O)CC2. The number of nitrogens with zero attached hydrogens (tertiary/aromatic N) is 7. The number of thiazole rings is 1. The highest BCUT2D eigenvalue weighted by Crippen LogP contribution is 2.47. The van der Waals surface area contributed by atoms with E-state index in [1.165, 1.54) is 29.5 Å². The summed E-state index contributed by atoms with van der Waals surface area (Å²) in [5.74, 6) is -0.846. The number of hydrogen-bond acceptors (Lipinski definition) is 8. The average molecular weight is 628 g/mol. The number of hydrogen-bond donors (Lipinski definition) is 1. The maximum Gasteiger partial charge on any atom is 0.320 e. The average Bonchev–Trinajstić information content (AvgIpc) is 3.76. The van der Waals surface area contributed by atoms with Crippen LogP contribution in [0.1, 0.15) is 41.5 Å². The number of nitriles is 1. The number of carbonyl (C=O) groups excluding carboxylic acids is 1. The third kappa shape index (κ3) is 4.51. The number of aliphatic hydroxyl groups excluding tert-OH is 1. The van der Waals surface area contributed by atoms with Crippen LogP contribution >= 0.6 is 11.3 Å². The lowest BCUT2D eigenvalue weighted by Crippen LogP contribution is -2.74. The number of anilines is 3. The van der Waals surface area contributed by atoms with Crippen LogP contribution in [0.5, 0.6) is 0 Å². The molecule has 3 fully saturated rings. The molecule has 4 aliphatic rings. The molecule has 0 radical (unpaired) electrons. The molecular weight excluding hydrogens is 596 g/mol. The number of likely N-dealkylation sites (tertiary alicyclic amines) is 2. The number of aliphatic hydroxyl groups is 1. The molecule has 5 heterocycles. The lowest BCUT2D eigenvalue weighted by molar-refractivity contribution is -0.00215. The molecular formula is C33H31F2N7O2S. The van der Waals surface area contributed by atoms with Gasteiger partial charge in [0, 0.05) is 73.9 Å². The first-order valence-electron chi connectivity index (χ1n) is 15.3. The summed E-state index contributed by atoms with van der Waals surface area (Å²) < 4.78 is 29.5. The summed E-state index contributed by atoms with van der Waals surface area (Å²) in [5.41, 5.74) is 4.04. The number of urea groups is 1. The van der Waals surface area contributed by atoms with Gasteiger partial charge in [0.25, 0.3) is 0 Å². The Bertz CT molecular complexity index is 1890. The largest absolute Gasteiger partial charge is 0.387 e. The number of fused-ring (bicyclic) bond motifs is 2. The van der Waals surface area contributed by atoms with E-state index in [0.717, 1.165) is 63.4 Å². The number of pyridine rings is 1. The van der Waals surface area contributed by atoms with Crippen molar-refractivity contribution >= 4 is 44.8 Å². The van der Waals surface area contributed by atoms with Crippen molar-refractivity contribution in [3.8, 4) is 17.3 Å². The van der Waals surface area contributed by atoms with E-state index < -0.39 is 11.9 Å². The molecule has 3 aliphatic heterocycles. The second kappa shape index (κ2) is 10.4. The van der Waals surface area contributed by atoms with Crippen LogP contribution in [0, 0.1) is 28.4 Å². The summed E-state index contributed by atoms with van der Waals surface area (Å²) in [6.07, 6.45) is 2.39. The molecule has 2 amide bonds. The Kier molecular flexibility index (Phi) is 6.48. The summed E-state index contributed by atoms with van der Waals surface area (Å²) in [6, 6.07) is 11.7. The first-order valence-corrected chi connectivity index (χ1v) is 16.1. The van der Waals surface area contributed by atoms with Crippen LogP contribution < -0.4 is 9.80 Å². The summed E-state index contributed by atoms with van der Waals surface area (Å²) in [5, 5.41) is 21.8. The molecule has 0 bridgehead atoms. The molecule has 2 aromatic carbocycles. The molecule has 12 heteroatoms. The Morgan fingerprint density at radius 2 is 1.82 bits per heavy atom. The van der Waals surface area contributed by atoms with E-state index in [9.17, 15) is 19.6 Å². The number of benzene rings is 2. The zero-order valence-corrected chi connectivity index (χ0v) is 25.6. The van der Waals surface area contributed by atoms with Gasteiger partial charge < -0.3 is 24.7 Å². The van der Waals surface area contributed by atoms with Crippen molar-refractivity contribution in [3.63, 3.8) is 0 Å². The quantitative estimate of drug-likeness (QED) is 0.315. The number of aromatic nitrogens is 2. The smallest absolute Gasteiger partial charge is 0.320 e. The highest BCUT2D eigenvalue weighted by molar-refractivity contribution is 7.16. The van der Waals surface area contributed by atoms with Gasteiger partial charge in [0.15, 0.2) is 10.9 Å². The van der Waals surface area contributed by atoms with Gasteiger partial charge in [-0.15, -0.1) is 0 Å². The van der Waals surface area contributed by atoms with E-state index >= 15 is 4.39 Å². The molecule has 1 N–H and O–H groups in total. The third-order valence-corrected chi connectivity index (χ3v) is 10.7. The zero-order chi connectivity index (χ0) is 31.0. The Morgan fingerprint density at radius 3 is 2.53 bits per heavy atom. The van der Waals surface area contributed by atoms with Gasteiger partial charge in [0.2, 0.25) is 0 Å². The molecule has 0 saturated carbocycles. The lowest BCUT2D eigenvalue weighted by Gasteiger charge is -2.61. The minimum absolute atomic E-state index is 0.0338. The fourth-order valence-corrected chi connectivity index (χ4v) is 8.29. The Hall–Kier alpha value is -4.34.